The molecule has 0 amide bonds. The number of unbranched alkanes of at least 4 members (excludes halogenated alkanes) is 22. The number of carbonyl (C=O) groups excluding carboxylic acids is 3. The van der Waals surface area contributed by atoms with Crippen LogP contribution in [-0.4, -0.2) is 82.3 Å². The van der Waals surface area contributed by atoms with Crippen LogP contribution in [0.25, 0.3) is 0 Å². The smallest absolute Gasteiger partial charge is 0.306 e. The maximum absolute atomic E-state index is 12.7. The van der Waals surface area contributed by atoms with E-state index in [0.717, 1.165) is 83.5 Å². The number of likely N-dealkylation sites (N-methyl/N-ethyl adjacent to an activating group) is 1. The van der Waals surface area contributed by atoms with Crippen LogP contribution >= 0.6 is 0 Å². The van der Waals surface area contributed by atoms with Crippen molar-refractivity contribution in [3.63, 3.8) is 0 Å². The molecule has 9 nitrogen and oxygen atoms in total. The summed E-state index contributed by atoms with van der Waals surface area (Å²) in [6, 6.07) is 0. The van der Waals surface area contributed by atoms with Gasteiger partial charge >= 0.3 is 11.9 Å². The molecular formula is C58H101NO8. The Balaban J connectivity index is 3.88. The van der Waals surface area contributed by atoms with Crippen LogP contribution in [0.4, 0.5) is 0 Å². The third-order valence-corrected chi connectivity index (χ3v) is 11.5. The van der Waals surface area contributed by atoms with Crippen LogP contribution in [0, 0.1) is 0 Å². The SMILES string of the molecule is CC/C=C\C/C=C\C/C=C\C/C=C\C/C=C\C/C=C\CCCCCCCCCCCCCCCCCCCCC(=O)OC(COC(=O)CCCCCCC)COC(OCC[N+](C)(C)C)C(=O)[O-]. The van der Waals surface area contributed by atoms with Crippen LogP contribution in [0.1, 0.15) is 219 Å². The monoisotopic (exact) mass is 940 g/mol. The van der Waals surface area contributed by atoms with Gasteiger partial charge in [-0.1, -0.05) is 215 Å². The number of carboxylic acid groups (broad SMARTS) is 1. The van der Waals surface area contributed by atoms with Gasteiger partial charge in [-0.15, -0.1) is 0 Å². The fraction of sp³-hybridized carbons (Fsp3) is 0.741. The molecule has 2 atom stereocenters. The second-order valence-electron chi connectivity index (χ2n) is 19.1. The maximum atomic E-state index is 12.7. The van der Waals surface area contributed by atoms with E-state index in [2.05, 4.69) is 86.8 Å². The highest BCUT2D eigenvalue weighted by atomic mass is 16.7. The molecule has 0 aliphatic carbocycles. The second kappa shape index (κ2) is 49.2. The van der Waals surface area contributed by atoms with Crippen molar-refractivity contribution in [2.45, 2.75) is 232 Å². The summed E-state index contributed by atoms with van der Waals surface area (Å²) in [6.45, 7) is 4.53. The lowest BCUT2D eigenvalue weighted by Crippen LogP contribution is -2.44. The van der Waals surface area contributed by atoms with Gasteiger partial charge < -0.3 is 33.3 Å². The summed E-state index contributed by atoms with van der Waals surface area (Å²) in [4.78, 5) is 36.7. The van der Waals surface area contributed by atoms with Gasteiger partial charge in [-0.05, 0) is 64.2 Å². The third kappa shape index (κ3) is 50.4. The van der Waals surface area contributed by atoms with E-state index in [1.165, 1.54) is 103 Å². The van der Waals surface area contributed by atoms with Crippen molar-refractivity contribution in [2.24, 2.45) is 0 Å². The normalized spacial score (nSPS) is 13.4. The number of carboxylic acids is 1. The minimum atomic E-state index is -1.62. The second-order valence-corrected chi connectivity index (χ2v) is 19.1. The number of allylic oxidation sites excluding steroid dienone is 12. The van der Waals surface area contributed by atoms with Crippen molar-refractivity contribution in [1.82, 2.24) is 0 Å². The molecule has 0 rings (SSSR count). The molecule has 0 aromatic carbocycles. The van der Waals surface area contributed by atoms with Gasteiger partial charge in [0.05, 0.1) is 40.3 Å². The molecule has 0 aromatic rings. The van der Waals surface area contributed by atoms with Crippen LogP contribution < -0.4 is 5.11 Å². The Hall–Kier alpha value is -3.27. The topological polar surface area (TPSA) is 111 Å². The number of aliphatic carboxylic acids is 1. The summed E-state index contributed by atoms with van der Waals surface area (Å²) in [6.07, 6.45) is 60.2. The van der Waals surface area contributed by atoms with E-state index >= 15 is 0 Å². The molecule has 67 heavy (non-hydrogen) atoms. The molecule has 0 aliphatic heterocycles. The molecule has 0 N–H and O–H groups in total. The molecule has 0 saturated carbocycles. The van der Waals surface area contributed by atoms with Gasteiger partial charge in [0.25, 0.3) is 0 Å². The minimum absolute atomic E-state index is 0.148. The Kier molecular flexibility index (Phi) is 46.8. The van der Waals surface area contributed by atoms with E-state index in [1.54, 1.807) is 0 Å². The molecule has 0 heterocycles. The molecule has 0 spiro atoms. The van der Waals surface area contributed by atoms with Crippen molar-refractivity contribution in [3.8, 4) is 0 Å². The number of esters is 2. The molecule has 0 bridgehead atoms. The quantitative estimate of drug-likeness (QED) is 0.0195. The zero-order valence-electron chi connectivity index (χ0n) is 43.8. The van der Waals surface area contributed by atoms with Gasteiger partial charge in [0.15, 0.2) is 12.4 Å². The Morgan fingerprint density at radius 3 is 1.27 bits per heavy atom. The standard InChI is InChI=1S/C58H101NO8/c1-6-8-10-12-13-14-15-16-17-18-19-20-21-22-23-24-25-26-27-28-29-30-31-32-33-34-35-36-37-38-39-40-41-42-43-45-47-49-56(61)67-54(52-65-55(60)48-46-44-11-9-7-2)53-66-58(57(62)63)64-51-50-59(3,4)5/h8,10,13-14,16-17,19-20,22-23,25-26,54,58H,6-7,9,11-12,15,18,21,24,27-53H2,1-5H3/b10-8-,14-13-,17-16-,20-19-,23-22-,26-25-. The predicted octanol–water partition coefficient (Wildman–Crippen LogP) is 14.1. The first kappa shape index (κ1) is 63.7. The highest BCUT2D eigenvalue weighted by molar-refractivity contribution is 5.70. The van der Waals surface area contributed by atoms with Gasteiger partial charge in [-0.25, -0.2) is 0 Å². The first-order chi connectivity index (χ1) is 32.6. The van der Waals surface area contributed by atoms with E-state index in [9.17, 15) is 19.5 Å². The molecule has 0 aromatic heterocycles. The van der Waals surface area contributed by atoms with Crippen LogP contribution in [0.15, 0.2) is 72.9 Å². The average Bonchev–Trinajstić information content (AvgIpc) is 3.29. The zero-order valence-corrected chi connectivity index (χ0v) is 43.8. The summed E-state index contributed by atoms with van der Waals surface area (Å²) in [7, 11) is 5.90. The Labute approximate surface area is 411 Å². The van der Waals surface area contributed by atoms with Gasteiger partial charge in [-0.2, -0.15) is 0 Å². The van der Waals surface area contributed by atoms with Gasteiger partial charge in [0.1, 0.15) is 13.2 Å². The first-order valence-electron chi connectivity index (χ1n) is 27.1. The van der Waals surface area contributed by atoms with Crippen molar-refractivity contribution < 1.29 is 42.9 Å². The lowest BCUT2D eigenvalue weighted by Gasteiger charge is -2.26. The van der Waals surface area contributed by atoms with Crippen LogP contribution in [0.2, 0.25) is 0 Å². The number of hydrogen-bond donors (Lipinski definition) is 0. The Morgan fingerprint density at radius 1 is 0.463 bits per heavy atom. The lowest BCUT2D eigenvalue weighted by molar-refractivity contribution is -0.870. The van der Waals surface area contributed by atoms with Crippen molar-refractivity contribution in [3.05, 3.63) is 72.9 Å². The largest absolute Gasteiger partial charge is 0.545 e. The average molecular weight is 940 g/mol. The van der Waals surface area contributed by atoms with E-state index in [4.69, 9.17) is 18.9 Å². The Bertz CT molecular complexity index is 1330. The first-order valence-corrected chi connectivity index (χ1v) is 27.1. The number of rotatable bonds is 49. The molecule has 386 valence electrons. The third-order valence-electron chi connectivity index (χ3n) is 11.5. The van der Waals surface area contributed by atoms with E-state index in [1.807, 2.05) is 21.1 Å². The minimum Gasteiger partial charge on any atom is -0.545 e. The van der Waals surface area contributed by atoms with Crippen molar-refractivity contribution in [2.75, 3.05) is 47.5 Å². The molecule has 9 heteroatoms. The summed E-state index contributed by atoms with van der Waals surface area (Å²) in [5, 5.41) is 11.7. The predicted molar refractivity (Wildman–Crippen MR) is 278 cm³/mol. The number of quaternary nitrogens is 1. The summed E-state index contributed by atoms with van der Waals surface area (Å²) in [5.41, 5.74) is 0. The van der Waals surface area contributed by atoms with Crippen LogP contribution in [-0.2, 0) is 33.3 Å². The summed E-state index contributed by atoms with van der Waals surface area (Å²) >= 11 is 0. The molecule has 0 fully saturated rings. The fourth-order valence-electron chi connectivity index (χ4n) is 7.30. The van der Waals surface area contributed by atoms with Crippen LogP contribution in [0.5, 0.6) is 0 Å². The number of nitrogens with zero attached hydrogens (tertiary/aromatic N) is 1. The summed E-state index contributed by atoms with van der Waals surface area (Å²) < 4.78 is 22.4. The number of hydrogen-bond acceptors (Lipinski definition) is 8. The van der Waals surface area contributed by atoms with Crippen LogP contribution in [0.3, 0.4) is 0 Å². The zero-order chi connectivity index (χ0) is 49.2. The summed E-state index contributed by atoms with van der Waals surface area (Å²) in [5.74, 6) is -2.30. The van der Waals surface area contributed by atoms with Gasteiger partial charge in [-0.3, -0.25) is 9.59 Å². The Morgan fingerprint density at radius 2 is 0.851 bits per heavy atom. The van der Waals surface area contributed by atoms with Gasteiger partial charge in [0.2, 0.25) is 0 Å². The molecule has 0 saturated heterocycles. The van der Waals surface area contributed by atoms with Crippen molar-refractivity contribution >= 4 is 17.9 Å². The fourth-order valence-corrected chi connectivity index (χ4v) is 7.30. The highest BCUT2D eigenvalue weighted by Gasteiger charge is 2.22. The van der Waals surface area contributed by atoms with E-state index in [0.29, 0.717) is 17.4 Å². The highest BCUT2D eigenvalue weighted by Crippen LogP contribution is 2.16. The molecular weight excluding hydrogens is 839 g/mol. The lowest BCUT2D eigenvalue weighted by atomic mass is 10.0. The van der Waals surface area contributed by atoms with Crippen molar-refractivity contribution in [1.29, 1.82) is 0 Å². The molecule has 2 unspecified atom stereocenters. The van der Waals surface area contributed by atoms with E-state index in [-0.39, 0.29) is 38.6 Å². The van der Waals surface area contributed by atoms with Gasteiger partial charge in [0, 0.05) is 12.8 Å². The molecule has 0 radical (unpaired) electrons. The molecule has 0 aliphatic rings. The van der Waals surface area contributed by atoms with E-state index < -0.39 is 24.3 Å². The number of carbonyl (C=O) groups is 3. The number of ether oxygens (including phenoxy) is 4. The maximum Gasteiger partial charge on any atom is 0.306 e.